The van der Waals surface area contributed by atoms with Crippen LogP contribution >= 0.6 is 0 Å². The topological polar surface area (TPSA) is 199 Å². The normalized spacial score (nSPS) is 35.1. The van der Waals surface area contributed by atoms with Crippen molar-refractivity contribution in [1.82, 2.24) is 0 Å². The van der Waals surface area contributed by atoms with E-state index in [0.29, 0.717) is 12.8 Å². The van der Waals surface area contributed by atoms with E-state index in [1.165, 1.54) is 12.2 Å². The van der Waals surface area contributed by atoms with Crippen molar-refractivity contribution in [3.05, 3.63) is 24.3 Å². The van der Waals surface area contributed by atoms with Crippen LogP contribution in [0.4, 0.5) is 0 Å². The highest BCUT2D eigenvalue weighted by Crippen LogP contribution is 2.29. The van der Waals surface area contributed by atoms with E-state index in [1.54, 1.807) is 12.2 Å². The van der Waals surface area contributed by atoms with Gasteiger partial charge in [-0.15, -0.1) is 0 Å². The Kier molecular flexibility index (Phi) is 14.3. The molecule has 8 N–H and O–H groups in total. The van der Waals surface area contributed by atoms with Crippen LogP contribution in [0.3, 0.4) is 0 Å². The summed E-state index contributed by atoms with van der Waals surface area (Å²) >= 11 is 0. The second-order valence-electron chi connectivity index (χ2n) is 8.43. The lowest BCUT2D eigenvalue weighted by Crippen LogP contribution is -2.63. The molecule has 0 spiro atoms. The zero-order valence-electron chi connectivity index (χ0n) is 20.2. The van der Waals surface area contributed by atoms with Gasteiger partial charge in [-0.3, -0.25) is 0 Å². The van der Waals surface area contributed by atoms with Crippen LogP contribution in [-0.2, 0) is 18.9 Å². The third-order valence-corrected chi connectivity index (χ3v) is 5.72. The molecule has 2 saturated heterocycles. The molecule has 0 bridgehead atoms. The van der Waals surface area contributed by atoms with E-state index in [-0.39, 0.29) is 26.2 Å². The van der Waals surface area contributed by atoms with E-state index in [0.717, 1.165) is 0 Å². The average molecular weight is 529 g/mol. The number of hydrogen-bond donors (Lipinski definition) is 8. The molecule has 10 atom stereocenters. The van der Waals surface area contributed by atoms with Crippen LogP contribution < -0.4 is 0 Å². The number of hydrogen-bond acceptors (Lipinski definition) is 12. The molecule has 12 nitrogen and oxygen atoms in total. The molecule has 2 aliphatic heterocycles. The molecule has 0 amide bonds. The summed E-state index contributed by atoms with van der Waals surface area (Å²) in [6.45, 7) is -1.27. The average Bonchev–Trinajstić information content (AvgIpc) is 2.89. The highest BCUT2D eigenvalue weighted by Gasteiger charge is 2.49. The quantitative estimate of drug-likeness (QED) is 0.126. The lowest BCUT2D eigenvalue weighted by Gasteiger charge is -2.45. The largest absolute Gasteiger partial charge is 0.396 e. The first kappa shape index (κ1) is 31.3. The Balaban J connectivity index is 2.04. The molecular weight excluding hydrogens is 492 g/mol. The molecule has 0 radical (unpaired) electrons. The standard InChI is InChI=1S/C25H36O12/c26-12-9-7-5-3-1-2-4-6-8-10-16(11-13-27)35-25-23(21(32)20(31)18(14-28)36-25)37-24-22(33)19(30)17(29)15-34-24/h4,6-7,9,16-33H,8,10-15H2. The Morgan fingerprint density at radius 3 is 2.19 bits per heavy atom. The van der Waals surface area contributed by atoms with Crippen molar-refractivity contribution in [1.29, 1.82) is 0 Å². The number of aliphatic hydroxyl groups excluding tert-OH is 8. The second-order valence-corrected chi connectivity index (χ2v) is 8.43. The Morgan fingerprint density at radius 1 is 0.838 bits per heavy atom. The summed E-state index contributed by atoms with van der Waals surface area (Å²) in [6, 6.07) is 0. The molecule has 0 aromatic rings. The summed E-state index contributed by atoms with van der Waals surface area (Å²) in [6.07, 6.45) is -6.24. The van der Waals surface area contributed by atoms with Gasteiger partial charge in [-0.25, -0.2) is 0 Å². The Bertz CT molecular complexity index is 840. The van der Waals surface area contributed by atoms with Gasteiger partial charge in [0.05, 0.1) is 25.9 Å². The molecular formula is C25H36O12. The van der Waals surface area contributed by atoms with Crippen LogP contribution in [0.15, 0.2) is 24.3 Å². The zero-order valence-corrected chi connectivity index (χ0v) is 20.2. The molecule has 2 heterocycles. The van der Waals surface area contributed by atoms with Crippen LogP contribution in [0, 0.1) is 23.7 Å². The van der Waals surface area contributed by atoms with E-state index >= 15 is 0 Å². The lowest BCUT2D eigenvalue weighted by molar-refractivity contribution is -0.362. The van der Waals surface area contributed by atoms with Gasteiger partial charge in [-0.05, 0) is 43.3 Å². The van der Waals surface area contributed by atoms with Gasteiger partial charge in [0.2, 0.25) is 0 Å². The van der Waals surface area contributed by atoms with Gasteiger partial charge < -0.3 is 59.8 Å². The molecule has 2 rings (SSSR count). The minimum atomic E-state index is -1.65. The third-order valence-electron chi connectivity index (χ3n) is 5.72. The zero-order chi connectivity index (χ0) is 27.2. The molecule has 208 valence electrons. The van der Waals surface area contributed by atoms with Crippen molar-refractivity contribution < 1.29 is 59.8 Å². The van der Waals surface area contributed by atoms with Crippen molar-refractivity contribution in [3.8, 4) is 23.7 Å². The molecule has 0 saturated carbocycles. The number of aliphatic hydroxyl groups is 8. The first-order valence-corrected chi connectivity index (χ1v) is 12.0. The molecule has 2 fully saturated rings. The smallest absolute Gasteiger partial charge is 0.187 e. The van der Waals surface area contributed by atoms with Crippen LogP contribution in [0.1, 0.15) is 19.3 Å². The summed E-state index contributed by atoms with van der Waals surface area (Å²) in [5.74, 6) is 10.6. The summed E-state index contributed by atoms with van der Waals surface area (Å²) < 4.78 is 22.4. The summed E-state index contributed by atoms with van der Waals surface area (Å²) in [5.41, 5.74) is 0. The number of allylic oxidation sites excluding steroid dienone is 3. The van der Waals surface area contributed by atoms with Gasteiger partial charge in [0.25, 0.3) is 0 Å². The lowest BCUT2D eigenvalue weighted by atomic mass is 9.98. The predicted molar refractivity (Wildman–Crippen MR) is 127 cm³/mol. The van der Waals surface area contributed by atoms with Crippen LogP contribution in [0.2, 0.25) is 0 Å². The predicted octanol–water partition coefficient (Wildman–Crippen LogP) is -3.09. The Morgan fingerprint density at radius 2 is 1.54 bits per heavy atom. The fourth-order valence-electron chi connectivity index (χ4n) is 3.67. The monoisotopic (exact) mass is 528 g/mol. The summed E-state index contributed by atoms with van der Waals surface area (Å²) in [4.78, 5) is 0. The van der Waals surface area contributed by atoms with Gasteiger partial charge in [0, 0.05) is 6.61 Å². The van der Waals surface area contributed by atoms with E-state index in [1.807, 2.05) is 0 Å². The fourth-order valence-corrected chi connectivity index (χ4v) is 3.67. The van der Waals surface area contributed by atoms with E-state index in [9.17, 15) is 35.7 Å². The summed E-state index contributed by atoms with van der Waals surface area (Å²) in [5, 5.41) is 78.4. The number of ether oxygens (including phenoxy) is 4. The summed E-state index contributed by atoms with van der Waals surface area (Å²) in [7, 11) is 0. The van der Waals surface area contributed by atoms with Crippen molar-refractivity contribution in [3.63, 3.8) is 0 Å². The first-order chi connectivity index (χ1) is 17.8. The molecule has 12 heteroatoms. The van der Waals surface area contributed by atoms with Gasteiger partial charge >= 0.3 is 0 Å². The van der Waals surface area contributed by atoms with Gasteiger partial charge in [-0.2, -0.15) is 0 Å². The third kappa shape index (κ3) is 9.74. The maximum absolute atomic E-state index is 10.7. The molecule has 10 unspecified atom stereocenters. The van der Waals surface area contributed by atoms with Crippen LogP contribution in [0.5, 0.6) is 0 Å². The first-order valence-electron chi connectivity index (χ1n) is 12.0. The minimum Gasteiger partial charge on any atom is -0.396 e. The molecule has 0 aromatic carbocycles. The highest BCUT2D eigenvalue weighted by molar-refractivity contribution is 5.33. The highest BCUT2D eigenvalue weighted by atomic mass is 16.8. The Hall–Kier alpha value is -1.88. The second kappa shape index (κ2) is 16.9. The van der Waals surface area contributed by atoms with Crippen molar-refractivity contribution >= 4 is 0 Å². The maximum atomic E-state index is 10.7. The molecule has 0 aliphatic carbocycles. The molecule has 0 aromatic heterocycles. The van der Waals surface area contributed by atoms with Crippen molar-refractivity contribution in [2.45, 2.75) is 80.7 Å². The Labute approximate surface area is 215 Å². The van der Waals surface area contributed by atoms with Crippen molar-refractivity contribution in [2.75, 3.05) is 26.4 Å². The van der Waals surface area contributed by atoms with E-state index in [4.69, 9.17) is 24.1 Å². The minimum absolute atomic E-state index is 0.0956. The molecule has 37 heavy (non-hydrogen) atoms. The van der Waals surface area contributed by atoms with Crippen LogP contribution in [-0.4, -0.2) is 129 Å². The van der Waals surface area contributed by atoms with Gasteiger partial charge in [-0.1, -0.05) is 24.0 Å². The fraction of sp³-hybridized carbons (Fsp3) is 0.680. The van der Waals surface area contributed by atoms with Crippen LogP contribution in [0.25, 0.3) is 0 Å². The van der Waals surface area contributed by atoms with Crippen molar-refractivity contribution in [2.24, 2.45) is 0 Å². The van der Waals surface area contributed by atoms with Gasteiger partial charge in [0.15, 0.2) is 12.6 Å². The SMILES string of the molecule is OCC=CC#CC#CC=CCCC(CCO)OC1OC(CO)C(O)C(O)C1OC1OCC(O)C(O)C1O. The molecule has 2 aliphatic rings. The number of rotatable bonds is 11. The van der Waals surface area contributed by atoms with E-state index < -0.39 is 68.0 Å². The maximum Gasteiger partial charge on any atom is 0.187 e. The van der Waals surface area contributed by atoms with E-state index in [2.05, 4.69) is 23.7 Å². The van der Waals surface area contributed by atoms with Gasteiger partial charge in [0.1, 0.15) is 42.7 Å².